The zero-order chi connectivity index (χ0) is 53.9. The fourth-order valence-corrected chi connectivity index (χ4v) is 10.2. The number of thiophene rings is 1. The Bertz CT molecular complexity index is 4260. The van der Waals surface area contributed by atoms with Gasteiger partial charge in [-0.2, -0.15) is 27.4 Å². The zero-order valence-corrected chi connectivity index (χ0v) is 42.1. The van der Waals surface area contributed by atoms with Gasteiger partial charge in [0.2, 0.25) is 12.7 Å². The molecular weight excluding hydrogens is 1040 g/mol. The molecule has 3 aromatic heterocycles. The summed E-state index contributed by atoms with van der Waals surface area (Å²) in [7, 11) is -9.26. The molecule has 3 heterocycles. The second kappa shape index (κ2) is 21.4. The Morgan fingerprint density at radius 2 is 1.49 bits per heavy atom. The van der Waals surface area contributed by atoms with Crippen LogP contribution in [0, 0.1) is 36.5 Å². The molecule has 0 atom stereocenters. The Kier molecular flexibility index (Phi) is 14.6. The minimum absolute atomic E-state index is 0.00674. The lowest BCUT2D eigenvalue weighted by atomic mass is 9.99. The van der Waals surface area contributed by atoms with Crippen LogP contribution in [0.3, 0.4) is 0 Å². The van der Waals surface area contributed by atoms with Crippen LogP contribution in [-0.2, 0) is 36.4 Å². The number of carbonyl (C=O) groups excluding carboxylic acids is 1. The predicted molar refractivity (Wildman–Crippen MR) is 278 cm³/mol. The Morgan fingerprint density at radius 1 is 0.750 bits per heavy atom. The van der Waals surface area contributed by atoms with Gasteiger partial charge in [0.15, 0.2) is 16.3 Å². The molecule has 0 spiro atoms. The molecule has 25 heteroatoms. The summed E-state index contributed by atoms with van der Waals surface area (Å²) < 4.78 is 86.1. The predicted octanol–water partition coefficient (Wildman–Crippen LogP) is 11.7. The van der Waals surface area contributed by atoms with Gasteiger partial charge in [0.05, 0.1) is 35.7 Å². The first-order valence-electron chi connectivity index (χ1n) is 22.4. The van der Waals surface area contributed by atoms with Gasteiger partial charge in [-0.3, -0.25) is 18.3 Å². The number of para-hydroxylation sites is 2. The number of aromatic nitrogens is 2. The highest BCUT2D eigenvalue weighted by molar-refractivity contribution is 7.86. The summed E-state index contributed by atoms with van der Waals surface area (Å²) in [4.78, 5) is 14.7. The van der Waals surface area contributed by atoms with Crippen LogP contribution in [0.1, 0.15) is 34.2 Å². The molecule has 0 bridgehead atoms. The van der Waals surface area contributed by atoms with Gasteiger partial charge < -0.3 is 24.4 Å². The third-order valence-corrected chi connectivity index (χ3v) is 14.4. The number of azo groups is 3. The van der Waals surface area contributed by atoms with E-state index in [1.807, 2.05) is 0 Å². The monoisotopic (exact) mass is 1080 g/mol. The number of carbonyl (C=O) groups is 1. The molecule has 9 rings (SSSR count). The van der Waals surface area contributed by atoms with Gasteiger partial charge in [0.25, 0.3) is 26.7 Å². The van der Waals surface area contributed by atoms with E-state index in [2.05, 4.69) is 52.5 Å². The Labute approximate surface area is 435 Å². The fraction of sp³-hybridized carbons (Fsp3) is 0.137. The lowest BCUT2D eigenvalue weighted by Gasteiger charge is -2.12. The average Bonchev–Trinajstić information content (AvgIpc) is 3.97. The number of aliphatic hydroxyl groups excluding tert-OH is 1. The van der Waals surface area contributed by atoms with Crippen molar-refractivity contribution in [2.75, 3.05) is 19.2 Å². The lowest BCUT2D eigenvalue weighted by molar-refractivity contribution is -0.134. The van der Waals surface area contributed by atoms with Crippen molar-refractivity contribution in [1.82, 2.24) is 9.38 Å². The maximum Gasteiger partial charge on any atom is 0.296 e. The molecule has 9 aromatic rings. The first-order valence-corrected chi connectivity index (χ1v) is 26.3. The van der Waals surface area contributed by atoms with Crippen molar-refractivity contribution in [3.05, 3.63) is 131 Å². The van der Waals surface area contributed by atoms with Crippen molar-refractivity contribution < 1.29 is 55.2 Å². The quantitative estimate of drug-likeness (QED) is 0.0204. The molecule has 0 amide bonds. The molecule has 6 aromatic carbocycles. The van der Waals surface area contributed by atoms with E-state index in [1.54, 1.807) is 92.7 Å². The van der Waals surface area contributed by atoms with E-state index >= 15 is 0 Å². The number of hydrogen-bond donors (Lipinski definition) is 4. The summed E-state index contributed by atoms with van der Waals surface area (Å²) in [5.74, 6) is -0.758. The number of pyridine rings is 1. The van der Waals surface area contributed by atoms with Crippen LogP contribution < -0.4 is 9.47 Å². The number of ether oxygens (including phenoxy) is 3. The molecule has 76 heavy (non-hydrogen) atoms. The standard InChI is InChI=1S/C51H38N10O12S3/c1-28-17-40(56-58-47-29(2)36(23-52)48-54-38-8-3-4-9-42(38)61(48)51(47)64)44(72-15-6-16-75(65,66)67)22-39(28)55-59-49-37(24-53)46(34-14-13-31-18-30(25-62)11-12-32(31)19-34)50(74-49)60-57-41-21-35-33(20-45(41)76(68,69)70)7-5-10-43(35)73-27-71-26-63/h3-5,7-14,17-22,26,62,64H,6,15-16,25,27H2,1-2H3,(H,65,66,67)(H,68,69,70). The van der Waals surface area contributed by atoms with Gasteiger partial charge >= 0.3 is 0 Å². The van der Waals surface area contributed by atoms with Crippen molar-refractivity contribution in [2.45, 2.75) is 31.8 Å². The van der Waals surface area contributed by atoms with Crippen LogP contribution in [-0.4, -0.2) is 71.2 Å². The van der Waals surface area contributed by atoms with E-state index in [0.717, 1.165) is 22.1 Å². The van der Waals surface area contributed by atoms with E-state index in [1.165, 1.54) is 28.7 Å². The molecule has 0 aliphatic rings. The van der Waals surface area contributed by atoms with Crippen molar-refractivity contribution in [2.24, 2.45) is 30.7 Å². The van der Waals surface area contributed by atoms with Gasteiger partial charge in [0.1, 0.15) is 56.0 Å². The van der Waals surface area contributed by atoms with Gasteiger partial charge in [0, 0.05) is 22.6 Å². The second-order valence-corrected chi connectivity index (χ2v) is 20.6. The maximum absolute atomic E-state index is 12.8. The minimum atomic E-state index is -4.92. The number of aromatic hydroxyl groups is 1. The van der Waals surface area contributed by atoms with Crippen LogP contribution in [0.25, 0.3) is 49.4 Å². The largest absolute Gasteiger partial charge is 0.493 e. The van der Waals surface area contributed by atoms with Gasteiger partial charge in [-0.15, -0.1) is 30.7 Å². The van der Waals surface area contributed by atoms with Gasteiger partial charge in [-0.1, -0.05) is 59.9 Å². The summed E-state index contributed by atoms with van der Waals surface area (Å²) >= 11 is 0.874. The summed E-state index contributed by atoms with van der Waals surface area (Å²) in [6, 6.07) is 32.0. The Hall–Kier alpha value is -9.08. The van der Waals surface area contributed by atoms with Crippen molar-refractivity contribution in [3.8, 4) is 40.6 Å². The van der Waals surface area contributed by atoms with E-state index in [4.69, 9.17) is 9.47 Å². The van der Waals surface area contributed by atoms with Crippen LogP contribution in [0.2, 0.25) is 0 Å². The Morgan fingerprint density at radius 3 is 2.24 bits per heavy atom. The highest BCUT2D eigenvalue weighted by Gasteiger charge is 2.25. The van der Waals surface area contributed by atoms with Crippen LogP contribution in [0.4, 0.5) is 32.8 Å². The van der Waals surface area contributed by atoms with Crippen molar-refractivity contribution in [1.29, 1.82) is 10.5 Å². The van der Waals surface area contributed by atoms with Gasteiger partial charge in [-0.05, 0) is 102 Å². The molecule has 0 saturated heterocycles. The topological polar surface area (TPSA) is 333 Å². The number of hydrogen-bond acceptors (Lipinski definition) is 20. The highest BCUT2D eigenvalue weighted by atomic mass is 32.2. The summed E-state index contributed by atoms with van der Waals surface area (Å²) in [6.45, 7) is 2.56. The molecule has 0 aliphatic carbocycles. The number of aryl methyl sites for hydroxylation is 1. The molecule has 0 unspecified atom stereocenters. The van der Waals surface area contributed by atoms with Gasteiger partial charge in [-0.25, -0.2) is 4.98 Å². The van der Waals surface area contributed by atoms with Crippen LogP contribution >= 0.6 is 11.3 Å². The Balaban J connectivity index is 1.16. The molecular formula is C51H38N10O12S3. The van der Waals surface area contributed by atoms with E-state index in [-0.39, 0.29) is 104 Å². The van der Waals surface area contributed by atoms with Crippen LogP contribution in [0.15, 0.2) is 139 Å². The first kappa shape index (κ1) is 51.8. The highest BCUT2D eigenvalue weighted by Crippen LogP contribution is 2.50. The zero-order valence-electron chi connectivity index (χ0n) is 39.7. The SMILES string of the molecule is Cc1cc(N=Nc2c(C)c(C#N)c3nc4ccccc4n3c2O)c(OCCCS(=O)(=O)O)cc1N=Nc1sc(N=Nc2cc3c(OCOC=O)cccc3cc2S(=O)(=O)O)c(-c2ccc3cc(CO)ccc3c2)c1C#N. The molecule has 0 saturated carbocycles. The average molecular weight is 1080 g/mol. The number of benzene rings is 6. The number of fused-ring (bicyclic) bond motifs is 5. The van der Waals surface area contributed by atoms with E-state index in [9.17, 15) is 51.5 Å². The number of nitrogens with zero attached hydrogens (tertiary/aromatic N) is 10. The summed E-state index contributed by atoms with van der Waals surface area (Å²) in [5, 5.41) is 71.1. The number of imidazole rings is 1. The normalized spacial score (nSPS) is 12.1. The smallest absolute Gasteiger partial charge is 0.296 e. The molecule has 0 radical (unpaired) electrons. The minimum Gasteiger partial charge on any atom is -0.493 e. The van der Waals surface area contributed by atoms with Crippen LogP contribution in [0.5, 0.6) is 17.4 Å². The third-order valence-electron chi connectivity index (χ3n) is 11.8. The third kappa shape index (κ3) is 10.6. The fourth-order valence-electron chi connectivity index (χ4n) is 8.18. The second-order valence-electron chi connectivity index (χ2n) is 16.7. The molecule has 382 valence electrons. The molecule has 22 nitrogen and oxygen atoms in total. The van der Waals surface area contributed by atoms with E-state index in [0.29, 0.717) is 38.5 Å². The molecule has 0 fully saturated rings. The molecule has 4 N–H and O–H groups in total. The summed E-state index contributed by atoms with van der Waals surface area (Å²) in [5.41, 5.74) is 3.40. The maximum atomic E-state index is 12.8. The number of nitriles is 2. The lowest BCUT2D eigenvalue weighted by Crippen LogP contribution is -2.08. The first-order chi connectivity index (χ1) is 36.5. The number of aliphatic hydroxyl groups is 1. The van der Waals surface area contributed by atoms with Crippen molar-refractivity contribution >= 4 is 109 Å². The van der Waals surface area contributed by atoms with Crippen molar-refractivity contribution in [3.63, 3.8) is 0 Å². The van der Waals surface area contributed by atoms with E-state index < -0.39 is 37.7 Å². The number of rotatable bonds is 18. The molecule has 0 aliphatic heterocycles. The summed E-state index contributed by atoms with van der Waals surface area (Å²) in [6.07, 6.45) is -0.135.